The summed E-state index contributed by atoms with van der Waals surface area (Å²) in [6.07, 6.45) is 22.8. The molecule has 27 nitrogen and oxygen atoms in total. The highest BCUT2D eigenvalue weighted by atomic mass is 16.6. The monoisotopic (exact) mass is 1320 g/mol. The number of hydrogen-bond donors (Lipinski definition) is 12. The second-order valence-electron chi connectivity index (χ2n) is 24.9. The van der Waals surface area contributed by atoms with Crippen LogP contribution in [0.2, 0.25) is 0 Å². The number of carbonyl (C=O) groups excluding carboxylic acids is 8. The second kappa shape index (κ2) is 50.4. The van der Waals surface area contributed by atoms with Crippen LogP contribution in [0.25, 0.3) is 0 Å². The van der Waals surface area contributed by atoms with Gasteiger partial charge in [0.25, 0.3) is 11.8 Å². The summed E-state index contributed by atoms with van der Waals surface area (Å²) in [6, 6.07) is 1.43. The van der Waals surface area contributed by atoms with Crippen LogP contribution in [0.4, 0.5) is 9.59 Å². The van der Waals surface area contributed by atoms with Gasteiger partial charge in [-0.3, -0.25) is 33.6 Å². The van der Waals surface area contributed by atoms with E-state index in [1.54, 1.807) is 0 Å². The first-order chi connectivity index (χ1) is 44.2. The molecular formula is C66H113N9O18. The highest BCUT2D eigenvalue weighted by molar-refractivity contribution is 5.99. The molecule has 0 saturated heterocycles. The number of aliphatic carboxylic acids is 3. The van der Waals surface area contributed by atoms with Gasteiger partial charge in [-0.1, -0.05) is 117 Å². The van der Waals surface area contributed by atoms with E-state index < -0.39 is 109 Å². The molecule has 1 rings (SSSR count). The third kappa shape index (κ3) is 45.8. The molecule has 4 atom stereocenters. The van der Waals surface area contributed by atoms with Crippen LogP contribution in [0.3, 0.4) is 0 Å². The number of unbranched alkanes of at least 4 members (excludes halogenated alkanes) is 18. The van der Waals surface area contributed by atoms with Gasteiger partial charge < -0.3 is 82.1 Å². The molecule has 0 fully saturated rings. The zero-order chi connectivity index (χ0) is 69.3. The molecule has 93 heavy (non-hydrogen) atoms. The minimum atomic E-state index is -1.54. The molecule has 0 aliphatic carbocycles. The number of carboxylic acids is 3. The highest BCUT2D eigenvalue weighted by Gasteiger charge is 2.28. The van der Waals surface area contributed by atoms with Crippen molar-refractivity contribution in [3.63, 3.8) is 0 Å². The Morgan fingerprint density at radius 3 is 1.47 bits per heavy atom. The maximum atomic E-state index is 12.6. The molecule has 12 N–H and O–H groups in total. The second-order valence-corrected chi connectivity index (χ2v) is 24.9. The maximum Gasteiger partial charge on any atom is 0.407 e. The number of alkyl carbamates (subject to hydrolysis) is 1. The van der Waals surface area contributed by atoms with Crippen molar-refractivity contribution in [3.8, 4) is 0 Å². The Kier molecular flexibility index (Phi) is 45.4. The first-order valence-electron chi connectivity index (χ1n) is 33.5. The van der Waals surface area contributed by atoms with Gasteiger partial charge in [0.2, 0.25) is 23.6 Å². The molecular weight excluding hydrogens is 1210 g/mol. The van der Waals surface area contributed by atoms with Gasteiger partial charge in [-0.15, -0.1) is 0 Å². The molecule has 1 aromatic carbocycles. The first kappa shape index (κ1) is 83.9. The van der Waals surface area contributed by atoms with Crippen LogP contribution in [-0.2, 0) is 52.5 Å². The standard InChI is InChI=1S/C66H113N9O18/c1-8-9-10-11-12-13-14-15-16-17-18-19-20-21-22-28-40-90-49(3)48(2)45-91-64(89)69-38-26-23-24-30-54(76)73-46-65(4,5)93-47-66(6,7)92-41-39-67-55(77)42-70-56(78)43-71-57(79)44-72-60(83)51-33-31-50(32-34-51)59(82)68-37-27-25-29-52(61(84)85)74-63(88)75-53(62(86)87)35-36-58(80)81/h31-34,48-49,52-53H,8-30,35-47H2,1-7H3,(H,67,77)(H,68,82)(H,69,89)(H,70,78)(H,71,79)(H,72,83)(H,73,76)(H,80,81)(H,84,85)(H,86,87)(H2,74,75,88)/t48-,49?,52-,53-/m0/s1. The third-order valence-corrected chi connectivity index (χ3v) is 15.2. The third-order valence-electron chi connectivity index (χ3n) is 15.2. The van der Waals surface area contributed by atoms with E-state index >= 15 is 0 Å². The molecule has 0 aliphatic heterocycles. The fraction of sp³-hybridized carbons (Fsp3) is 0.742. The number of urea groups is 1. The van der Waals surface area contributed by atoms with E-state index in [4.69, 9.17) is 24.1 Å². The lowest BCUT2D eigenvalue weighted by Crippen LogP contribution is -2.51. The van der Waals surface area contributed by atoms with Gasteiger partial charge in [-0.25, -0.2) is 19.2 Å². The van der Waals surface area contributed by atoms with Crippen molar-refractivity contribution in [1.82, 2.24) is 47.9 Å². The van der Waals surface area contributed by atoms with Gasteiger partial charge in [-0.05, 0) is 104 Å². The summed E-state index contributed by atoms with van der Waals surface area (Å²) in [4.78, 5) is 133. The van der Waals surface area contributed by atoms with Crippen molar-refractivity contribution < 1.29 is 87.0 Å². The Morgan fingerprint density at radius 2 is 0.935 bits per heavy atom. The lowest BCUT2D eigenvalue weighted by molar-refractivity contribution is -0.141. The minimum Gasteiger partial charge on any atom is -0.481 e. The van der Waals surface area contributed by atoms with Crippen molar-refractivity contribution >= 4 is 65.5 Å². The molecule has 530 valence electrons. The van der Waals surface area contributed by atoms with E-state index in [-0.39, 0.29) is 87.9 Å². The summed E-state index contributed by atoms with van der Waals surface area (Å²) in [5, 5.41) is 49.8. The average Bonchev–Trinajstić information content (AvgIpc) is 1.76. The lowest BCUT2D eigenvalue weighted by Gasteiger charge is -2.32. The van der Waals surface area contributed by atoms with E-state index in [1.165, 1.54) is 121 Å². The average molecular weight is 1320 g/mol. The van der Waals surface area contributed by atoms with Crippen LogP contribution < -0.4 is 47.9 Å². The molecule has 27 heteroatoms. The number of carbonyl (C=O) groups is 11. The van der Waals surface area contributed by atoms with Crippen LogP contribution in [0.1, 0.15) is 230 Å². The van der Waals surface area contributed by atoms with Gasteiger partial charge in [0, 0.05) is 62.7 Å². The SMILES string of the molecule is CCCCCCCCCCCCCCCCCCOC(C)[C@@H](C)COC(=O)NCCCCCC(=O)NCC(C)(C)OCC(C)(C)OCCNC(=O)CNC(=O)CNC(=O)CNC(=O)c1ccc(C(=O)NCCCC[C@H](NC(=O)N[C@@H](CCC(=O)O)C(=O)O)C(=O)O)cc1. The molecule has 0 spiro atoms. The summed E-state index contributed by atoms with van der Waals surface area (Å²) in [6.45, 7) is 14.6. The quantitative estimate of drug-likeness (QED) is 0.0291. The number of nitrogens with one attached hydrogen (secondary N) is 9. The molecule has 1 unspecified atom stereocenters. The smallest absolute Gasteiger partial charge is 0.407 e. The Hall–Kier alpha value is -7.13. The Balaban J connectivity index is 2.15. The largest absolute Gasteiger partial charge is 0.481 e. The maximum absolute atomic E-state index is 12.6. The van der Waals surface area contributed by atoms with Crippen molar-refractivity contribution in [2.45, 2.75) is 238 Å². The van der Waals surface area contributed by atoms with Crippen LogP contribution in [-0.4, -0.2) is 182 Å². The van der Waals surface area contributed by atoms with Crippen molar-refractivity contribution in [1.29, 1.82) is 0 Å². The molecule has 0 radical (unpaired) electrons. The topological polar surface area (TPSA) is 394 Å². The zero-order valence-electron chi connectivity index (χ0n) is 56.5. The Bertz CT molecular complexity index is 2380. The summed E-state index contributed by atoms with van der Waals surface area (Å²) < 4.78 is 23.5. The molecule has 1 aromatic rings. The summed E-state index contributed by atoms with van der Waals surface area (Å²) in [7, 11) is 0. The van der Waals surface area contributed by atoms with Gasteiger partial charge in [0.05, 0.1) is 56.8 Å². The van der Waals surface area contributed by atoms with Crippen molar-refractivity contribution in [2.24, 2.45) is 5.92 Å². The van der Waals surface area contributed by atoms with Gasteiger partial charge in [-0.2, -0.15) is 0 Å². The minimum absolute atomic E-state index is 0.00871. The lowest BCUT2D eigenvalue weighted by atomic mass is 10.0. The van der Waals surface area contributed by atoms with Gasteiger partial charge in [0.1, 0.15) is 12.1 Å². The van der Waals surface area contributed by atoms with Crippen LogP contribution >= 0.6 is 0 Å². The van der Waals surface area contributed by atoms with E-state index in [0.717, 1.165) is 19.4 Å². The van der Waals surface area contributed by atoms with Crippen LogP contribution in [0, 0.1) is 5.92 Å². The molecule has 0 aromatic heterocycles. The van der Waals surface area contributed by atoms with E-state index in [1.807, 2.05) is 46.9 Å². The Morgan fingerprint density at radius 1 is 0.462 bits per heavy atom. The molecule has 9 amide bonds. The van der Waals surface area contributed by atoms with Crippen molar-refractivity contribution in [3.05, 3.63) is 35.4 Å². The predicted octanol–water partition coefficient (Wildman–Crippen LogP) is 7.03. The van der Waals surface area contributed by atoms with Crippen LogP contribution in [0.15, 0.2) is 24.3 Å². The van der Waals surface area contributed by atoms with Gasteiger partial charge in [0.15, 0.2) is 0 Å². The van der Waals surface area contributed by atoms with E-state index in [9.17, 15) is 63.0 Å². The molecule has 0 bridgehead atoms. The highest BCUT2D eigenvalue weighted by Crippen LogP contribution is 2.18. The number of amides is 9. The van der Waals surface area contributed by atoms with Crippen molar-refractivity contribution in [2.75, 3.05) is 72.2 Å². The first-order valence-corrected chi connectivity index (χ1v) is 33.5. The summed E-state index contributed by atoms with van der Waals surface area (Å²) >= 11 is 0. The molecule has 0 saturated carbocycles. The van der Waals surface area contributed by atoms with E-state index in [0.29, 0.717) is 32.2 Å². The number of hydrogen-bond acceptors (Lipinski definition) is 15. The normalized spacial score (nSPS) is 12.6. The Labute approximate surface area is 550 Å². The summed E-state index contributed by atoms with van der Waals surface area (Å²) in [5.74, 6) is -7.16. The summed E-state index contributed by atoms with van der Waals surface area (Å²) in [5.41, 5.74) is -1.14. The zero-order valence-corrected chi connectivity index (χ0v) is 56.5. The number of rotatable bonds is 56. The fourth-order valence-electron chi connectivity index (χ4n) is 9.13. The number of ether oxygens (including phenoxy) is 4. The van der Waals surface area contributed by atoms with Gasteiger partial charge >= 0.3 is 30.0 Å². The van der Waals surface area contributed by atoms with E-state index in [2.05, 4.69) is 49.5 Å². The molecule has 0 aliphatic rings. The molecule has 0 heterocycles. The number of carboxylic acid groups (broad SMARTS) is 3. The number of benzene rings is 1. The predicted molar refractivity (Wildman–Crippen MR) is 350 cm³/mol. The van der Waals surface area contributed by atoms with Crippen LogP contribution in [0.5, 0.6) is 0 Å². The fourth-order valence-corrected chi connectivity index (χ4v) is 9.13.